The standard InChI is InChI=1S/C14H20N2O2.C14H16N2O2.CH4.H2/c2*1-18-13(17)7-3-2-6-12-9-8-11-5-4-10-15-14(11)16-12;;/h8-9H,2-7,10H2,1H3,(H,15,16);4-5,8-10H,2-3,6-7H2,1H3;1H4;1H. The molecule has 4 rings (SSSR count). The molecule has 0 aliphatic carbocycles. The van der Waals surface area contributed by atoms with Gasteiger partial charge in [0.2, 0.25) is 0 Å². The van der Waals surface area contributed by atoms with Gasteiger partial charge in [-0.25, -0.2) is 15.0 Å². The lowest BCUT2D eigenvalue weighted by molar-refractivity contribution is -0.141. The molecule has 1 aliphatic heterocycles. The number of fused-ring (bicyclic) bond motifs is 2. The van der Waals surface area contributed by atoms with E-state index in [0.29, 0.717) is 12.8 Å². The number of nitrogens with one attached hydrogen (secondary N) is 1. The predicted octanol–water partition coefficient (Wildman–Crippen LogP) is 5.72. The molecule has 8 nitrogen and oxygen atoms in total. The van der Waals surface area contributed by atoms with Gasteiger partial charge in [0.25, 0.3) is 0 Å². The number of methoxy groups -OCH3 is 2. The van der Waals surface area contributed by atoms with E-state index in [-0.39, 0.29) is 20.8 Å². The van der Waals surface area contributed by atoms with Crippen LogP contribution >= 0.6 is 0 Å². The van der Waals surface area contributed by atoms with Crippen molar-refractivity contribution in [2.45, 2.75) is 71.6 Å². The molecule has 0 saturated carbocycles. The van der Waals surface area contributed by atoms with Gasteiger partial charge in [0.05, 0.1) is 14.2 Å². The van der Waals surface area contributed by atoms with Gasteiger partial charge < -0.3 is 14.8 Å². The third-order valence-electron chi connectivity index (χ3n) is 6.06. The molecule has 4 heterocycles. The zero-order chi connectivity index (χ0) is 25.6. The second-order valence-electron chi connectivity index (χ2n) is 8.76. The van der Waals surface area contributed by atoms with E-state index in [1.165, 1.54) is 26.2 Å². The number of aromatic nitrogens is 3. The van der Waals surface area contributed by atoms with Gasteiger partial charge in [0, 0.05) is 43.8 Å². The lowest BCUT2D eigenvalue weighted by atomic mass is 10.1. The van der Waals surface area contributed by atoms with E-state index in [2.05, 4.69) is 41.9 Å². The first-order valence-electron chi connectivity index (χ1n) is 12.7. The Balaban J connectivity index is 0.000000361. The number of anilines is 1. The Bertz CT molecular complexity index is 1140. The maximum atomic E-state index is 11.0. The SMILES string of the molecule is C.COC(=O)CCCCc1ccc2c(n1)NCCC2.COC(=O)CCCCc1ccc2cccnc2n1.[HH]. The molecule has 0 fully saturated rings. The van der Waals surface area contributed by atoms with Crippen LogP contribution < -0.4 is 5.32 Å². The first kappa shape index (κ1) is 29.7. The van der Waals surface area contributed by atoms with Crippen molar-refractivity contribution in [2.75, 3.05) is 26.1 Å². The number of aryl methyl sites for hydroxylation is 3. The fourth-order valence-electron chi connectivity index (χ4n) is 3.99. The van der Waals surface area contributed by atoms with Crippen molar-refractivity contribution in [3.05, 3.63) is 59.5 Å². The molecule has 0 amide bonds. The summed E-state index contributed by atoms with van der Waals surface area (Å²) in [4.78, 5) is 35.3. The number of carbonyl (C=O) groups excluding carboxylic acids is 2. The highest BCUT2D eigenvalue weighted by molar-refractivity contribution is 5.74. The van der Waals surface area contributed by atoms with Gasteiger partial charge in [0.15, 0.2) is 5.65 Å². The monoisotopic (exact) mass is 510 g/mol. The third kappa shape index (κ3) is 10.1. The van der Waals surface area contributed by atoms with Crippen molar-refractivity contribution >= 4 is 28.8 Å². The zero-order valence-corrected chi connectivity index (χ0v) is 21.3. The minimum atomic E-state index is -0.150. The first-order chi connectivity index (χ1) is 17.6. The van der Waals surface area contributed by atoms with Gasteiger partial charge in [-0.05, 0) is 87.3 Å². The summed E-state index contributed by atoms with van der Waals surface area (Å²) in [5, 5.41) is 4.39. The number of ether oxygens (including phenoxy) is 2. The second kappa shape index (κ2) is 16.2. The van der Waals surface area contributed by atoms with Crippen LogP contribution in [0, 0.1) is 0 Å². The van der Waals surface area contributed by atoms with Crippen molar-refractivity contribution < 1.29 is 20.5 Å². The molecule has 0 radical (unpaired) electrons. The molecular formula is C29H42N4O4. The second-order valence-corrected chi connectivity index (χ2v) is 8.76. The van der Waals surface area contributed by atoms with E-state index in [9.17, 15) is 9.59 Å². The minimum Gasteiger partial charge on any atom is -0.469 e. The van der Waals surface area contributed by atoms with E-state index < -0.39 is 0 Å². The lowest BCUT2D eigenvalue weighted by Gasteiger charge is -2.17. The maximum absolute atomic E-state index is 11.0. The van der Waals surface area contributed by atoms with Gasteiger partial charge in [-0.1, -0.05) is 13.5 Å². The largest absolute Gasteiger partial charge is 0.469 e. The smallest absolute Gasteiger partial charge is 0.305 e. The van der Waals surface area contributed by atoms with Gasteiger partial charge in [0.1, 0.15) is 5.82 Å². The lowest BCUT2D eigenvalue weighted by Crippen LogP contribution is -2.14. The molecule has 0 aromatic carbocycles. The Hall–Kier alpha value is -3.55. The number of carbonyl (C=O) groups is 2. The van der Waals surface area contributed by atoms with Gasteiger partial charge in [-0.3, -0.25) is 9.59 Å². The highest BCUT2D eigenvalue weighted by atomic mass is 16.5. The highest BCUT2D eigenvalue weighted by Gasteiger charge is 2.10. The fourth-order valence-corrected chi connectivity index (χ4v) is 3.99. The minimum absolute atomic E-state index is 0. The fraction of sp³-hybridized carbons (Fsp3) is 0.483. The topological polar surface area (TPSA) is 103 Å². The number of rotatable bonds is 10. The Morgan fingerprint density at radius 2 is 1.54 bits per heavy atom. The summed E-state index contributed by atoms with van der Waals surface area (Å²) in [5.41, 5.74) is 4.22. The van der Waals surface area contributed by atoms with Crippen molar-refractivity contribution in [2.24, 2.45) is 0 Å². The van der Waals surface area contributed by atoms with Crippen LogP contribution in [0.2, 0.25) is 0 Å². The molecule has 0 bridgehead atoms. The molecule has 1 aliphatic rings. The van der Waals surface area contributed by atoms with Crippen LogP contribution in [0.15, 0.2) is 42.6 Å². The number of unbranched alkanes of at least 4 members (excludes halogenated alkanes) is 2. The van der Waals surface area contributed by atoms with Crippen LogP contribution in [0.3, 0.4) is 0 Å². The first-order valence-corrected chi connectivity index (χ1v) is 12.7. The van der Waals surface area contributed by atoms with Gasteiger partial charge in [-0.15, -0.1) is 0 Å². The van der Waals surface area contributed by atoms with E-state index >= 15 is 0 Å². The summed E-state index contributed by atoms with van der Waals surface area (Å²) in [6.07, 6.45) is 10.4. The number of hydrogen-bond donors (Lipinski definition) is 1. The summed E-state index contributed by atoms with van der Waals surface area (Å²) < 4.78 is 9.21. The van der Waals surface area contributed by atoms with Crippen LogP contribution in [0.1, 0.15) is 70.8 Å². The predicted molar refractivity (Wildman–Crippen MR) is 149 cm³/mol. The Kier molecular flexibility index (Phi) is 13.0. The molecule has 1 N–H and O–H groups in total. The normalized spacial score (nSPS) is 11.7. The van der Waals surface area contributed by atoms with Gasteiger partial charge >= 0.3 is 11.9 Å². The Morgan fingerprint density at radius 3 is 2.22 bits per heavy atom. The Morgan fingerprint density at radius 1 is 0.892 bits per heavy atom. The number of pyridine rings is 3. The maximum Gasteiger partial charge on any atom is 0.305 e. The molecule has 202 valence electrons. The van der Waals surface area contributed by atoms with Gasteiger partial charge in [-0.2, -0.15) is 0 Å². The molecule has 3 aromatic heterocycles. The molecule has 8 heteroatoms. The van der Waals surface area contributed by atoms with Crippen molar-refractivity contribution in [3.63, 3.8) is 0 Å². The van der Waals surface area contributed by atoms with Crippen molar-refractivity contribution in [1.29, 1.82) is 0 Å². The molecule has 0 unspecified atom stereocenters. The van der Waals surface area contributed by atoms with Crippen LogP contribution in [-0.2, 0) is 38.3 Å². The average Bonchev–Trinajstić information content (AvgIpc) is 2.93. The number of esters is 2. The summed E-state index contributed by atoms with van der Waals surface area (Å²) in [6, 6.07) is 12.2. The van der Waals surface area contributed by atoms with Crippen LogP contribution in [0.5, 0.6) is 0 Å². The Labute approximate surface area is 221 Å². The quantitative estimate of drug-likeness (QED) is 0.273. The molecular weight excluding hydrogens is 468 g/mol. The van der Waals surface area contributed by atoms with E-state index in [1.807, 2.05) is 24.3 Å². The summed E-state index contributed by atoms with van der Waals surface area (Å²) in [5.74, 6) is 0.768. The molecule has 3 aromatic rings. The summed E-state index contributed by atoms with van der Waals surface area (Å²) in [7, 11) is 2.85. The summed E-state index contributed by atoms with van der Waals surface area (Å²) >= 11 is 0. The van der Waals surface area contributed by atoms with E-state index in [0.717, 1.165) is 79.7 Å². The van der Waals surface area contributed by atoms with E-state index in [4.69, 9.17) is 0 Å². The summed E-state index contributed by atoms with van der Waals surface area (Å²) in [6.45, 7) is 1.02. The highest BCUT2D eigenvalue weighted by Crippen LogP contribution is 2.20. The van der Waals surface area contributed by atoms with E-state index in [1.54, 1.807) is 6.20 Å². The van der Waals surface area contributed by atoms with Crippen LogP contribution in [0.4, 0.5) is 5.82 Å². The molecule has 0 spiro atoms. The van der Waals surface area contributed by atoms with Crippen molar-refractivity contribution in [3.8, 4) is 0 Å². The number of hydrogen-bond acceptors (Lipinski definition) is 8. The molecule has 0 saturated heterocycles. The van der Waals surface area contributed by atoms with Crippen molar-refractivity contribution in [1.82, 2.24) is 15.0 Å². The zero-order valence-electron chi connectivity index (χ0n) is 21.3. The third-order valence-corrected chi connectivity index (χ3v) is 6.06. The van der Waals surface area contributed by atoms with Crippen LogP contribution in [0.25, 0.3) is 11.0 Å². The average molecular weight is 511 g/mol. The number of nitrogens with zero attached hydrogens (tertiary/aromatic N) is 3. The molecule has 37 heavy (non-hydrogen) atoms. The molecule has 0 atom stereocenters. The van der Waals surface area contributed by atoms with Crippen LogP contribution in [-0.4, -0.2) is 47.7 Å².